The van der Waals surface area contributed by atoms with E-state index in [0.717, 1.165) is 19.3 Å². The molecule has 0 amide bonds. The SMILES string of the molecule is O=C(O)CCCC(O)C(O)/C=C/C=C/C=C/CC#CCCCc1ccccc1. The van der Waals surface area contributed by atoms with Crippen LogP contribution in [0.1, 0.15) is 44.1 Å². The highest BCUT2D eigenvalue weighted by Gasteiger charge is 2.12. The molecule has 0 aliphatic heterocycles. The Kier molecular flexibility index (Phi) is 12.9. The summed E-state index contributed by atoms with van der Waals surface area (Å²) in [5.41, 5.74) is 1.35. The second-order valence-corrected chi connectivity index (χ2v) is 6.44. The van der Waals surface area contributed by atoms with E-state index in [1.165, 1.54) is 11.6 Å². The lowest BCUT2D eigenvalue weighted by atomic mass is 10.1. The number of hydrogen-bond donors (Lipinski definition) is 3. The number of hydrogen-bond acceptors (Lipinski definition) is 3. The summed E-state index contributed by atoms with van der Waals surface area (Å²) in [6.45, 7) is 0. The zero-order valence-electron chi connectivity index (χ0n) is 16.2. The summed E-state index contributed by atoms with van der Waals surface area (Å²) >= 11 is 0. The maximum atomic E-state index is 10.4. The first-order valence-electron chi connectivity index (χ1n) is 9.67. The fourth-order valence-corrected chi connectivity index (χ4v) is 2.46. The largest absolute Gasteiger partial charge is 0.481 e. The minimum Gasteiger partial charge on any atom is -0.481 e. The highest BCUT2D eigenvalue weighted by molar-refractivity contribution is 5.66. The van der Waals surface area contributed by atoms with Gasteiger partial charge in [0.25, 0.3) is 0 Å². The molecule has 4 heteroatoms. The Bertz CT molecular complexity index is 692. The molecule has 0 saturated carbocycles. The number of allylic oxidation sites excluding steroid dienone is 5. The number of carboxylic acids is 1. The van der Waals surface area contributed by atoms with Gasteiger partial charge in [-0.2, -0.15) is 0 Å². The monoisotopic (exact) mass is 382 g/mol. The number of unbranched alkanes of at least 4 members (excludes halogenated alkanes) is 1. The number of carboxylic acid groups (broad SMARTS) is 1. The van der Waals surface area contributed by atoms with Gasteiger partial charge in [-0.15, -0.1) is 5.92 Å². The van der Waals surface area contributed by atoms with Crippen molar-refractivity contribution in [3.63, 3.8) is 0 Å². The van der Waals surface area contributed by atoms with Gasteiger partial charge in [0.2, 0.25) is 0 Å². The van der Waals surface area contributed by atoms with Gasteiger partial charge in [0.05, 0.1) is 12.2 Å². The lowest BCUT2D eigenvalue weighted by molar-refractivity contribution is -0.137. The zero-order chi connectivity index (χ0) is 20.5. The Labute approximate surface area is 167 Å². The lowest BCUT2D eigenvalue weighted by Gasteiger charge is -2.13. The summed E-state index contributed by atoms with van der Waals surface area (Å²) in [5.74, 6) is 5.39. The van der Waals surface area contributed by atoms with Crippen LogP contribution in [-0.4, -0.2) is 33.5 Å². The molecule has 3 N–H and O–H groups in total. The average molecular weight is 383 g/mol. The molecule has 2 atom stereocenters. The van der Waals surface area contributed by atoms with Crippen LogP contribution in [0.4, 0.5) is 0 Å². The predicted octanol–water partition coefficient (Wildman–Crippen LogP) is 4.05. The summed E-state index contributed by atoms with van der Waals surface area (Å²) in [4.78, 5) is 10.4. The Morgan fingerprint density at radius 3 is 2.50 bits per heavy atom. The molecule has 0 fully saturated rings. The Hall–Kier alpha value is -2.61. The van der Waals surface area contributed by atoms with Gasteiger partial charge in [-0.3, -0.25) is 4.79 Å². The summed E-state index contributed by atoms with van der Waals surface area (Å²) in [5, 5.41) is 28.0. The van der Waals surface area contributed by atoms with Crippen LogP contribution in [0.5, 0.6) is 0 Å². The molecule has 0 aliphatic carbocycles. The van der Waals surface area contributed by atoms with E-state index >= 15 is 0 Å². The highest BCUT2D eigenvalue weighted by atomic mass is 16.4. The average Bonchev–Trinajstić information content (AvgIpc) is 2.69. The van der Waals surface area contributed by atoms with Crippen molar-refractivity contribution in [2.24, 2.45) is 0 Å². The van der Waals surface area contributed by atoms with Crippen LogP contribution in [0.15, 0.2) is 66.8 Å². The molecule has 2 unspecified atom stereocenters. The number of benzene rings is 1. The molecular weight excluding hydrogens is 352 g/mol. The first kappa shape index (κ1) is 23.4. The van der Waals surface area contributed by atoms with Gasteiger partial charge in [0, 0.05) is 19.3 Å². The van der Waals surface area contributed by atoms with Gasteiger partial charge in [-0.25, -0.2) is 0 Å². The number of aliphatic hydroxyl groups is 2. The summed E-state index contributed by atoms with van der Waals surface area (Å²) in [7, 11) is 0. The van der Waals surface area contributed by atoms with Gasteiger partial charge in [-0.05, 0) is 31.2 Å². The molecule has 4 nitrogen and oxygen atoms in total. The molecule has 1 aromatic carbocycles. The molecule has 0 saturated heterocycles. The predicted molar refractivity (Wildman–Crippen MR) is 113 cm³/mol. The molecule has 0 spiro atoms. The summed E-state index contributed by atoms with van der Waals surface area (Å²) < 4.78 is 0. The third-order valence-electron chi connectivity index (χ3n) is 4.02. The Morgan fingerprint density at radius 2 is 1.75 bits per heavy atom. The summed E-state index contributed by atoms with van der Waals surface area (Å²) in [6, 6.07) is 10.4. The summed E-state index contributed by atoms with van der Waals surface area (Å²) in [6.07, 6.45) is 13.0. The van der Waals surface area contributed by atoms with Crippen LogP contribution >= 0.6 is 0 Å². The molecule has 28 heavy (non-hydrogen) atoms. The first-order valence-corrected chi connectivity index (χ1v) is 9.67. The fourth-order valence-electron chi connectivity index (χ4n) is 2.46. The molecule has 150 valence electrons. The molecule has 0 heterocycles. The normalized spacial score (nSPS) is 13.6. The van der Waals surface area contributed by atoms with Gasteiger partial charge in [0.1, 0.15) is 0 Å². The van der Waals surface area contributed by atoms with Gasteiger partial charge in [0.15, 0.2) is 0 Å². The van der Waals surface area contributed by atoms with Crippen molar-refractivity contribution >= 4 is 5.97 Å². The van der Waals surface area contributed by atoms with E-state index in [2.05, 4.69) is 36.1 Å². The van der Waals surface area contributed by atoms with Crippen molar-refractivity contribution < 1.29 is 20.1 Å². The van der Waals surface area contributed by atoms with E-state index in [4.69, 9.17) is 5.11 Å². The topological polar surface area (TPSA) is 77.8 Å². The molecule has 0 aromatic heterocycles. The quantitative estimate of drug-likeness (QED) is 0.290. The van der Waals surface area contributed by atoms with E-state index < -0.39 is 18.2 Å². The molecule has 1 aromatic rings. The first-order chi connectivity index (χ1) is 13.6. The van der Waals surface area contributed by atoms with Crippen molar-refractivity contribution in [2.75, 3.05) is 0 Å². The van der Waals surface area contributed by atoms with Crippen LogP contribution < -0.4 is 0 Å². The van der Waals surface area contributed by atoms with Crippen LogP contribution in [0.25, 0.3) is 0 Å². The van der Waals surface area contributed by atoms with E-state index in [9.17, 15) is 15.0 Å². The molecule has 1 rings (SSSR count). The number of rotatable bonds is 12. The van der Waals surface area contributed by atoms with Crippen LogP contribution in [0, 0.1) is 11.8 Å². The third-order valence-corrected chi connectivity index (χ3v) is 4.02. The standard InChI is InChI=1S/C24H30O4/c25-22(23(26)19-14-20-24(27)28)18-13-8-6-4-2-1-3-5-7-10-15-21-16-11-9-12-17-21/h2,4,6,8-9,11-13,16-18,22-23,25-26H,1,7,10,14-15,19-20H2,(H,27,28)/b4-2+,8-6+,18-13+. The van der Waals surface area contributed by atoms with Gasteiger partial charge < -0.3 is 15.3 Å². The third kappa shape index (κ3) is 12.7. The molecule has 0 bridgehead atoms. The molecule has 0 aliphatic rings. The zero-order valence-corrected chi connectivity index (χ0v) is 16.2. The van der Waals surface area contributed by atoms with Crippen molar-refractivity contribution in [2.45, 2.75) is 57.2 Å². The highest BCUT2D eigenvalue weighted by Crippen LogP contribution is 2.06. The van der Waals surface area contributed by atoms with Crippen LogP contribution in [-0.2, 0) is 11.2 Å². The van der Waals surface area contributed by atoms with E-state index in [-0.39, 0.29) is 12.8 Å². The fraction of sp³-hybridized carbons (Fsp3) is 0.375. The number of aliphatic carboxylic acids is 1. The van der Waals surface area contributed by atoms with Crippen LogP contribution in [0.2, 0.25) is 0 Å². The second kappa shape index (κ2) is 15.4. The van der Waals surface area contributed by atoms with E-state index in [1.807, 2.05) is 24.3 Å². The molecule has 0 radical (unpaired) electrons. The smallest absolute Gasteiger partial charge is 0.303 e. The van der Waals surface area contributed by atoms with Gasteiger partial charge >= 0.3 is 5.97 Å². The maximum Gasteiger partial charge on any atom is 0.303 e. The molecular formula is C24H30O4. The van der Waals surface area contributed by atoms with E-state index in [1.54, 1.807) is 12.2 Å². The van der Waals surface area contributed by atoms with Crippen molar-refractivity contribution in [1.29, 1.82) is 0 Å². The number of aliphatic hydroxyl groups excluding tert-OH is 2. The van der Waals surface area contributed by atoms with Crippen molar-refractivity contribution in [3.8, 4) is 11.8 Å². The number of carbonyl (C=O) groups is 1. The lowest BCUT2D eigenvalue weighted by Crippen LogP contribution is -2.23. The Balaban J connectivity index is 2.12. The van der Waals surface area contributed by atoms with E-state index in [0.29, 0.717) is 12.8 Å². The van der Waals surface area contributed by atoms with Crippen molar-refractivity contribution in [1.82, 2.24) is 0 Å². The minimum atomic E-state index is -0.996. The minimum absolute atomic E-state index is 0.00584. The Morgan fingerprint density at radius 1 is 1.00 bits per heavy atom. The van der Waals surface area contributed by atoms with Crippen LogP contribution in [0.3, 0.4) is 0 Å². The second-order valence-electron chi connectivity index (χ2n) is 6.44. The number of aryl methyl sites for hydroxylation is 1. The van der Waals surface area contributed by atoms with Gasteiger partial charge in [-0.1, -0.05) is 72.7 Å². The maximum absolute atomic E-state index is 10.4. The van der Waals surface area contributed by atoms with Crippen molar-refractivity contribution in [3.05, 3.63) is 72.4 Å².